The van der Waals surface area contributed by atoms with Crippen LogP contribution < -0.4 is 5.32 Å². The predicted octanol–water partition coefficient (Wildman–Crippen LogP) is 3.75. The zero-order valence-electron chi connectivity index (χ0n) is 11.7. The highest BCUT2D eigenvalue weighted by molar-refractivity contribution is 7.99. The lowest BCUT2D eigenvalue weighted by atomic mass is 10.3. The van der Waals surface area contributed by atoms with Crippen molar-refractivity contribution in [3.63, 3.8) is 0 Å². The van der Waals surface area contributed by atoms with Gasteiger partial charge in [0.1, 0.15) is 6.33 Å². The number of rotatable bonds is 7. The summed E-state index contributed by atoms with van der Waals surface area (Å²) in [6.45, 7) is 2.72. The Kier molecular flexibility index (Phi) is 5.51. The van der Waals surface area contributed by atoms with E-state index in [0.717, 1.165) is 17.7 Å². The lowest BCUT2D eigenvalue weighted by Gasteiger charge is -2.07. The Hall–Kier alpha value is -2.15. The van der Waals surface area contributed by atoms with Gasteiger partial charge in [0.25, 0.3) is 0 Å². The fraction of sp³-hybridized carbons (Fsp3) is 0.286. The molecule has 1 aromatic carbocycles. The first-order valence-electron chi connectivity index (χ1n) is 6.68. The molecule has 1 aromatic heterocycles. The van der Waals surface area contributed by atoms with Crippen molar-refractivity contribution in [3.05, 3.63) is 46.8 Å². The van der Waals surface area contributed by atoms with E-state index < -0.39 is 4.92 Å². The molecule has 2 aromatic rings. The van der Waals surface area contributed by atoms with Gasteiger partial charge in [0.05, 0.1) is 4.92 Å². The average molecular weight is 304 g/mol. The third kappa shape index (κ3) is 4.16. The van der Waals surface area contributed by atoms with Crippen LogP contribution in [0.25, 0.3) is 0 Å². The van der Waals surface area contributed by atoms with Crippen molar-refractivity contribution in [2.75, 3.05) is 11.9 Å². The molecule has 6 nitrogen and oxygen atoms in total. The molecule has 0 saturated heterocycles. The highest BCUT2D eigenvalue weighted by atomic mass is 32.2. The monoisotopic (exact) mass is 304 g/mol. The fourth-order valence-corrected chi connectivity index (χ4v) is 2.60. The minimum atomic E-state index is -0.431. The summed E-state index contributed by atoms with van der Waals surface area (Å²) in [5.41, 5.74) is -0.0672. The molecule has 21 heavy (non-hydrogen) atoms. The Balaban J connectivity index is 2.28. The Morgan fingerprint density at radius 1 is 1.29 bits per heavy atom. The van der Waals surface area contributed by atoms with E-state index in [-0.39, 0.29) is 11.5 Å². The molecular weight excluding hydrogens is 288 g/mol. The molecule has 0 fully saturated rings. The molecule has 0 radical (unpaired) electrons. The SMILES string of the molecule is CCCCNc1ncnc(Sc2ccccc2)c1[N+](=O)[O-]. The van der Waals surface area contributed by atoms with Gasteiger partial charge in [-0.15, -0.1) is 0 Å². The van der Waals surface area contributed by atoms with E-state index >= 15 is 0 Å². The van der Waals surface area contributed by atoms with Gasteiger partial charge in [0.2, 0.25) is 5.82 Å². The van der Waals surface area contributed by atoms with E-state index in [2.05, 4.69) is 22.2 Å². The second kappa shape index (κ2) is 7.58. The number of nitrogens with one attached hydrogen (secondary N) is 1. The van der Waals surface area contributed by atoms with Crippen LogP contribution in [0.1, 0.15) is 19.8 Å². The lowest BCUT2D eigenvalue weighted by Crippen LogP contribution is -2.07. The maximum atomic E-state index is 11.3. The number of anilines is 1. The van der Waals surface area contributed by atoms with Gasteiger partial charge in [-0.3, -0.25) is 10.1 Å². The third-order valence-corrected chi connectivity index (χ3v) is 3.75. The topological polar surface area (TPSA) is 81.0 Å². The van der Waals surface area contributed by atoms with E-state index in [1.165, 1.54) is 18.1 Å². The van der Waals surface area contributed by atoms with Gasteiger partial charge in [-0.05, 0) is 18.6 Å². The van der Waals surface area contributed by atoms with E-state index in [1.54, 1.807) is 0 Å². The lowest BCUT2D eigenvalue weighted by molar-refractivity contribution is -0.387. The van der Waals surface area contributed by atoms with Crippen molar-refractivity contribution in [1.82, 2.24) is 9.97 Å². The molecule has 1 heterocycles. The van der Waals surface area contributed by atoms with Crippen LogP contribution in [-0.2, 0) is 0 Å². The number of unbranched alkanes of at least 4 members (excludes halogenated alkanes) is 1. The molecule has 0 bridgehead atoms. The van der Waals surface area contributed by atoms with Crippen molar-refractivity contribution in [2.24, 2.45) is 0 Å². The number of hydrogen-bond donors (Lipinski definition) is 1. The summed E-state index contributed by atoms with van der Waals surface area (Å²) in [6.07, 6.45) is 3.30. The highest BCUT2D eigenvalue weighted by Gasteiger charge is 2.23. The number of aromatic nitrogens is 2. The van der Waals surface area contributed by atoms with Gasteiger partial charge in [0.15, 0.2) is 5.03 Å². The van der Waals surface area contributed by atoms with Gasteiger partial charge < -0.3 is 5.32 Å². The smallest absolute Gasteiger partial charge is 0.343 e. The first kappa shape index (κ1) is 15.2. The van der Waals surface area contributed by atoms with Crippen LogP contribution in [0.15, 0.2) is 46.6 Å². The summed E-state index contributed by atoms with van der Waals surface area (Å²) in [6, 6.07) is 9.45. The highest BCUT2D eigenvalue weighted by Crippen LogP contribution is 2.36. The minimum Gasteiger partial charge on any atom is -0.364 e. The predicted molar refractivity (Wildman–Crippen MR) is 82.6 cm³/mol. The number of benzene rings is 1. The molecule has 110 valence electrons. The Morgan fingerprint density at radius 3 is 2.71 bits per heavy atom. The Bertz CT molecular complexity index is 607. The molecule has 0 aliphatic heterocycles. The maximum Gasteiger partial charge on any atom is 0.343 e. The maximum absolute atomic E-state index is 11.3. The first-order valence-corrected chi connectivity index (χ1v) is 7.50. The van der Waals surface area contributed by atoms with E-state index in [4.69, 9.17) is 0 Å². The van der Waals surface area contributed by atoms with Crippen molar-refractivity contribution in [1.29, 1.82) is 0 Å². The molecule has 7 heteroatoms. The summed E-state index contributed by atoms with van der Waals surface area (Å²) < 4.78 is 0. The number of nitrogens with zero attached hydrogens (tertiary/aromatic N) is 3. The molecule has 1 N–H and O–H groups in total. The quantitative estimate of drug-likeness (QED) is 0.363. The zero-order chi connectivity index (χ0) is 15.1. The normalized spacial score (nSPS) is 10.3. The molecule has 0 saturated carbocycles. The molecule has 0 amide bonds. The Morgan fingerprint density at radius 2 is 2.05 bits per heavy atom. The molecule has 0 atom stereocenters. The minimum absolute atomic E-state index is 0.0672. The van der Waals surface area contributed by atoms with Gasteiger partial charge in [-0.1, -0.05) is 43.3 Å². The molecule has 0 unspecified atom stereocenters. The van der Waals surface area contributed by atoms with Crippen LogP contribution in [0.5, 0.6) is 0 Å². The molecule has 2 rings (SSSR count). The van der Waals surface area contributed by atoms with Crippen LogP contribution in [0.4, 0.5) is 11.5 Å². The first-order chi connectivity index (χ1) is 10.2. The fourth-order valence-electron chi connectivity index (χ4n) is 1.71. The zero-order valence-corrected chi connectivity index (χ0v) is 12.5. The standard InChI is InChI=1S/C14H16N4O2S/c1-2-3-9-15-13-12(18(19)20)14(17-10-16-13)21-11-7-5-4-6-8-11/h4-8,10H,2-3,9H2,1H3,(H,15,16,17). The largest absolute Gasteiger partial charge is 0.364 e. The van der Waals surface area contributed by atoms with Crippen LogP contribution in [-0.4, -0.2) is 21.4 Å². The average Bonchev–Trinajstić information content (AvgIpc) is 2.48. The summed E-state index contributed by atoms with van der Waals surface area (Å²) in [7, 11) is 0. The van der Waals surface area contributed by atoms with Crippen LogP contribution in [0, 0.1) is 10.1 Å². The van der Waals surface area contributed by atoms with Crippen LogP contribution in [0.3, 0.4) is 0 Å². The van der Waals surface area contributed by atoms with Gasteiger partial charge >= 0.3 is 5.69 Å². The van der Waals surface area contributed by atoms with E-state index in [0.29, 0.717) is 11.6 Å². The van der Waals surface area contributed by atoms with E-state index in [1.807, 2.05) is 30.3 Å². The van der Waals surface area contributed by atoms with Crippen molar-refractivity contribution in [3.8, 4) is 0 Å². The van der Waals surface area contributed by atoms with Crippen molar-refractivity contribution < 1.29 is 4.92 Å². The number of hydrogen-bond acceptors (Lipinski definition) is 6. The third-order valence-electron chi connectivity index (χ3n) is 2.75. The van der Waals surface area contributed by atoms with Crippen molar-refractivity contribution in [2.45, 2.75) is 29.7 Å². The summed E-state index contributed by atoms with van der Waals surface area (Å²) in [5.74, 6) is 0.280. The summed E-state index contributed by atoms with van der Waals surface area (Å²) >= 11 is 1.26. The van der Waals surface area contributed by atoms with E-state index in [9.17, 15) is 10.1 Å². The van der Waals surface area contributed by atoms with Crippen LogP contribution >= 0.6 is 11.8 Å². The second-order valence-electron chi connectivity index (χ2n) is 4.33. The molecule has 0 aliphatic carbocycles. The summed E-state index contributed by atoms with van der Waals surface area (Å²) in [4.78, 5) is 19.9. The second-order valence-corrected chi connectivity index (χ2v) is 5.39. The van der Waals surface area contributed by atoms with Crippen molar-refractivity contribution >= 4 is 23.3 Å². The van der Waals surface area contributed by atoms with Gasteiger partial charge in [0, 0.05) is 11.4 Å². The summed E-state index contributed by atoms with van der Waals surface area (Å²) in [5, 5.41) is 14.7. The van der Waals surface area contributed by atoms with Gasteiger partial charge in [-0.2, -0.15) is 0 Å². The molecule has 0 aliphatic rings. The van der Waals surface area contributed by atoms with Crippen LogP contribution in [0.2, 0.25) is 0 Å². The van der Waals surface area contributed by atoms with Gasteiger partial charge in [-0.25, -0.2) is 9.97 Å². The number of nitro groups is 1. The molecule has 0 spiro atoms. The Labute approximate surface area is 127 Å². The molecular formula is C14H16N4O2S.